The van der Waals surface area contributed by atoms with E-state index in [4.69, 9.17) is 5.11 Å². The van der Waals surface area contributed by atoms with E-state index in [2.05, 4.69) is 0 Å². The van der Waals surface area contributed by atoms with Gasteiger partial charge in [-0.2, -0.15) is 8.78 Å². The van der Waals surface area contributed by atoms with Crippen molar-refractivity contribution in [2.24, 2.45) is 0 Å². The quantitative estimate of drug-likeness (QED) is 0.732. The second kappa shape index (κ2) is 7.19. The third kappa shape index (κ3) is 4.39. The maximum Gasteiger partial charge on any atom is 0.327 e. The van der Waals surface area contributed by atoms with Crippen molar-refractivity contribution in [1.29, 1.82) is 0 Å². The number of nitrogens with zero attached hydrogens (tertiary/aromatic N) is 1. The van der Waals surface area contributed by atoms with Crippen molar-refractivity contribution in [3.8, 4) is 0 Å². The molecule has 1 aliphatic rings. The molecule has 2 N–H and O–H groups in total. The average Bonchev–Trinajstić information content (AvgIpc) is 2.80. The summed E-state index contributed by atoms with van der Waals surface area (Å²) in [6.07, 6.45) is -2.74. The second-order valence-electron chi connectivity index (χ2n) is 4.56. The van der Waals surface area contributed by atoms with Gasteiger partial charge in [-0.25, -0.2) is 18.4 Å². The fraction of sp³-hybridized carbons (Fsp3) is 0.818. The van der Waals surface area contributed by atoms with E-state index in [1.165, 1.54) is 11.8 Å². The number of carboxylic acids is 1. The Morgan fingerprint density at radius 2 is 2.10 bits per heavy atom. The number of aliphatic carboxylic acids is 1. The standard InChI is InChI=1S/C11H16F4N2O3S/c1-2-3-7-17(6(4-21-7)8(18)19)10(20)16-5-11(14,15)9(12)13/h6-7,9H,2-5H2,1H3,(H,16,20)(H,18,19). The minimum Gasteiger partial charge on any atom is -0.480 e. The molecular formula is C11H16F4N2O3S. The van der Waals surface area contributed by atoms with Gasteiger partial charge in [0.15, 0.2) is 0 Å². The maximum absolute atomic E-state index is 12.8. The summed E-state index contributed by atoms with van der Waals surface area (Å²) in [5.74, 6) is -5.46. The van der Waals surface area contributed by atoms with Crippen molar-refractivity contribution < 1.29 is 32.3 Å². The Balaban J connectivity index is 2.73. The third-order valence-corrected chi connectivity index (χ3v) is 4.30. The van der Waals surface area contributed by atoms with Gasteiger partial charge in [-0.3, -0.25) is 4.90 Å². The van der Waals surface area contributed by atoms with Crippen LogP contribution in [0, 0.1) is 0 Å². The Kier molecular flexibility index (Phi) is 6.11. The summed E-state index contributed by atoms with van der Waals surface area (Å²) in [5, 5.41) is 10.3. The van der Waals surface area contributed by atoms with Gasteiger partial charge in [0.25, 0.3) is 0 Å². The monoisotopic (exact) mass is 332 g/mol. The lowest BCUT2D eigenvalue weighted by Crippen LogP contribution is -2.53. The number of alkyl halides is 4. The van der Waals surface area contributed by atoms with Crippen molar-refractivity contribution in [3.63, 3.8) is 0 Å². The van der Waals surface area contributed by atoms with Gasteiger partial charge in [0.05, 0.1) is 11.9 Å². The topological polar surface area (TPSA) is 69.6 Å². The van der Waals surface area contributed by atoms with Crippen LogP contribution in [-0.4, -0.2) is 58.1 Å². The number of carbonyl (C=O) groups excluding carboxylic acids is 1. The lowest BCUT2D eigenvalue weighted by molar-refractivity contribution is -0.141. The van der Waals surface area contributed by atoms with E-state index in [0.717, 1.165) is 4.90 Å². The summed E-state index contributed by atoms with van der Waals surface area (Å²) >= 11 is 1.23. The van der Waals surface area contributed by atoms with Crippen LogP contribution in [0.5, 0.6) is 0 Å². The summed E-state index contributed by atoms with van der Waals surface area (Å²) in [6, 6.07) is -2.21. The summed E-state index contributed by atoms with van der Waals surface area (Å²) in [4.78, 5) is 23.9. The number of amides is 2. The molecule has 0 spiro atoms. The summed E-state index contributed by atoms with van der Waals surface area (Å²) in [5.41, 5.74) is 0. The van der Waals surface area contributed by atoms with Crippen LogP contribution in [-0.2, 0) is 4.79 Å². The van der Waals surface area contributed by atoms with Crippen LogP contribution in [0.1, 0.15) is 19.8 Å². The molecule has 2 amide bonds. The molecule has 1 rings (SSSR count). The first kappa shape index (κ1) is 17.9. The first-order valence-corrected chi connectivity index (χ1v) is 7.32. The van der Waals surface area contributed by atoms with Crippen LogP contribution in [0.2, 0.25) is 0 Å². The van der Waals surface area contributed by atoms with E-state index in [0.29, 0.717) is 12.8 Å². The summed E-state index contributed by atoms with van der Waals surface area (Å²) < 4.78 is 49.6. The fourth-order valence-electron chi connectivity index (χ4n) is 1.86. The highest BCUT2D eigenvalue weighted by Gasteiger charge is 2.44. The van der Waals surface area contributed by atoms with Crippen LogP contribution < -0.4 is 5.32 Å². The number of halogens is 4. The first-order chi connectivity index (χ1) is 9.70. The lowest BCUT2D eigenvalue weighted by atomic mass is 10.2. The molecular weight excluding hydrogens is 316 g/mol. The molecule has 0 aromatic rings. The second-order valence-corrected chi connectivity index (χ2v) is 5.77. The molecule has 0 aromatic carbocycles. The molecule has 1 aliphatic heterocycles. The van der Waals surface area contributed by atoms with Crippen molar-refractivity contribution in [2.75, 3.05) is 12.3 Å². The van der Waals surface area contributed by atoms with Gasteiger partial charge in [0, 0.05) is 5.75 Å². The largest absolute Gasteiger partial charge is 0.480 e. The number of carbonyl (C=O) groups is 2. The first-order valence-electron chi connectivity index (χ1n) is 6.27. The molecule has 2 atom stereocenters. The van der Waals surface area contributed by atoms with Gasteiger partial charge in [-0.1, -0.05) is 13.3 Å². The highest BCUT2D eigenvalue weighted by Crippen LogP contribution is 2.32. The third-order valence-electron chi connectivity index (χ3n) is 2.94. The number of thioether (sulfide) groups is 1. The normalized spacial score (nSPS) is 22.7. The van der Waals surface area contributed by atoms with Crippen LogP contribution in [0.4, 0.5) is 22.4 Å². The van der Waals surface area contributed by atoms with Crippen molar-refractivity contribution in [1.82, 2.24) is 10.2 Å². The molecule has 0 radical (unpaired) electrons. The Morgan fingerprint density at radius 1 is 1.48 bits per heavy atom. The molecule has 0 saturated carbocycles. The van der Waals surface area contributed by atoms with E-state index < -0.39 is 42.3 Å². The molecule has 1 saturated heterocycles. The predicted octanol–water partition coefficient (Wildman–Crippen LogP) is 2.22. The van der Waals surface area contributed by atoms with Gasteiger partial charge in [0.2, 0.25) is 0 Å². The highest BCUT2D eigenvalue weighted by atomic mass is 32.2. The zero-order valence-corrected chi connectivity index (χ0v) is 12.0. The number of nitrogens with one attached hydrogen (secondary N) is 1. The molecule has 10 heteroatoms. The van der Waals surface area contributed by atoms with Crippen molar-refractivity contribution in [3.05, 3.63) is 0 Å². The SMILES string of the molecule is CCCC1SCC(C(=O)O)N1C(=O)NCC(F)(F)C(F)F. The molecule has 0 bridgehead atoms. The molecule has 0 aromatic heterocycles. The Morgan fingerprint density at radius 3 is 2.57 bits per heavy atom. The zero-order chi connectivity index (χ0) is 16.2. The Bertz CT molecular complexity index is 398. The fourth-order valence-corrected chi connectivity index (χ4v) is 3.37. The predicted molar refractivity (Wildman–Crippen MR) is 68.8 cm³/mol. The number of carboxylic acid groups (broad SMARTS) is 1. The smallest absolute Gasteiger partial charge is 0.327 e. The number of rotatable bonds is 6. The molecule has 2 unspecified atom stereocenters. The number of hydrogen-bond donors (Lipinski definition) is 2. The van der Waals surface area contributed by atoms with E-state index in [1.54, 1.807) is 5.32 Å². The van der Waals surface area contributed by atoms with E-state index in [9.17, 15) is 27.2 Å². The van der Waals surface area contributed by atoms with Gasteiger partial charge < -0.3 is 10.4 Å². The minimum atomic E-state index is -4.35. The molecule has 1 fully saturated rings. The molecule has 122 valence electrons. The van der Waals surface area contributed by atoms with E-state index in [-0.39, 0.29) is 5.75 Å². The maximum atomic E-state index is 12.8. The minimum absolute atomic E-state index is 0.138. The number of hydrogen-bond acceptors (Lipinski definition) is 3. The average molecular weight is 332 g/mol. The summed E-state index contributed by atoms with van der Waals surface area (Å²) in [7, 11) is 0. The van der Waals surface area contributed by atoms with Crippen molar-refractivity contribution >= 4 is 23.8 Å². The van der Waals surface area contributed by atoms with E-state index >= 15 is 0 Å². The van der Waals surface area contributed by atoms with E-state index in [1.807, 2.05) is 6.92 Å². The number of urea groups is 1. The van der Waals surface area contributed by atoms with Gasteiger partial charge >= 0.3 is 24.3 Å². The highest BCUT2D eigenvalue weighted by molar-refractivity contribution is 8.00. The van der Waals surface area contributed by atoms with Gasteiger partial charge in [-0.15, -0.1) is 11.8 Å². The van der Waals surface area contributed by atoms with Crippen LogP contribution in [0.25, 0.3) is 0 Å². The Labute approximate surface area is 123 Å². The van der Waals surface area contributed by atoms with Crippen LogP contribution >= 0.6 is 11.8 Å². The zero-order valence-electron chi connectivity index (χ0n) is 11.2. The molecule has 1 heterocycles. The van der Waals surface area contributed by atoms with Crippen LogP contribution in [0.3, 0.4) is 0 Å². The molecule has 21 heavy (non-hydrogen) atoms. The lowest BCUT2D eigenvalue weighted by Gasteiger charge is -2.28. The molecule has 5 nitrogen and oxygen atoms in total. The van der Waals surface area contributed by atoms with Gasteiger partial charge in [0.1, 0.15) is 6.04 Å². The van der Waals surface area contributed by atoms with Crippen molar-refractivity contribution in [2.45, 2.75) is 43.5 Å². The summed E-state index contributed by atoms with van der Waals surface area (Å²) in [6.45, 7) is 0.297. The van der Waals surface area contributed by atoms with Gasteiger partial charge in [-0.05, 0) is 6.42 Å². The molecule has 0 aliphatic carbocycles. The Hall–Kier alpha value is -1.19. The van der Waals surface area contributed by atoms with Crippen LogP contribution in [0.15, 0.2) is 0 Å².